The van der Waals surface area contributed by atoms with Gasteiger partial charge in [-0.1, -0.05) is 18.2 Å². The van der Waals surface area contributed by atoms with Crippen LogP contribution in [0.2, 0.25) is 0 Å². The maximum absolute atomic E-state index is 12.7. The van der Waals surface area contributed by atoms with E-state index in [0.717, 1.165) is 38.2 Å². The van der Waals surface area contributed by atoms with Gasteiger partial charge in [-0.25, -0.2) is 0 Å². The predicted octanol–water partition coefficient (Wildman–Crippen LogP) is 1.66. The Balaban J connectivity index is 1.49. The first kappa shape index (κ1) is 18.7. The number of likely N-dealkylation sites (N-methyl/N-ethyl adjacent to an activating group) is 1. The number of nitrogens with zero attached hydrogens (tertiary/aromatic N) is 2. The fraction of sp³-hybridized carbons (Fsp3) is 0.600. The van der Waals surface area contributed by atoms with Gasteiger partial charge in [0, 0.05) is 44.6 Å². The summed E-state index contributed by atoms with van der Waals surface area (Å²) in [6, 6.07) is 9.68. The van der Waals surface area contributed by atoms with Crippen LogP contribution in [0.1, 0.15) is 32.1 Å². The monoisotopic (exact) mass is 359 g/mol. The van der Waals surface area contributed by atoms with Crippen LogP contribution in [-0.2, 0) is 9.59 Å². The Kier molecular flexibility index (Phi) is 6.14. The number of hydrogen-bond acceptors (Lipinski definition) is 4. The van der Waals surface area contributed by atoms with Crippen molar-refractivity contribution in [2.24, 2.45) is 0 Å². The first-order valence-electron chi connectivity index (χ1n) is 9.53. The average Bonchev–Trinajstić information content (AvgIpc) is 2.84. The topological polar surface area (TPSA) is 61.9 Å². The highest BCUT2D eigenvalue weighted by molar-refractivity contribution is 5.77. The van der Waals surface area contributed by atoms with Gasteiger partial charge >= 0.3 is 0 Å². The molecule has 0 aromatic heterocycles. The van der Waals surface area contributed by atoms with Crippen molar-refractivity contribution >= 4 is 11.8 Å². The van der Waals surface area contributed by atoms with E-state index in [1.54, 1.807) is 0 Å². The van der Waals surface area contributed by atoms with Crippen LogP contribution in [0.15, 0.2) is 30.3 Å². The molecule has 2 aliphatic rings. The van der Waals surface area contributed by atoms with Crippen molar-refractivity contribution in [3.63, 3.8) is 0 Å². The highest BCUT2D eigenvalue weighted by Crippen LogP contribution is 2.30. The summed E-state index contributed by atoms with van der Waals surface area (Å²) in [5.41, 5.74) is -0.0758. The average molecular weight is 359 g/mol. The molecule has 0 aliphatic carbocycles. The summed E-state index contributed by atoms with van der Waals surface area (Å²) >= 11 is 0. The first-order chi connectivity index (χ1) is 12.6. The van der Waals surface area contributed by atoms with Crippen LogP contribution in [0.4, 0.5) is 0 Å². The van der Waals surface area contributed by atoms with E-state index in [4.69, 9.17) is 4.74 Å². The summed E-state index contributed by atoms with van der Waals surface area (Å²) in [4.78, 5) is 28.7. The molecule has 2 saturated heterocycles. The van der Waals surface area contributed by atoms with Crippen LogP contribution in [0, 0.1) is 0 Å². The molecule has 0 radical (unpaired) electrons. The normalized spacial score (nSPS) is 24.2. The van der Waals surface area contributed by atoms with Crippen molar-refractivity contribution in [1.82, 2.24) is 15.1 Å². The molecule has 1 unspecified atom stereocenters. The van der Waals surface area contributed by atoms with E-state index in [9.17, 15) is 9.59 Å². The minimum absolute atomic E-state index is 0.0758. The summed E-state index contributed by atoms with van der Waals surface area (Å²) in [6.45, 7) is 3.58. The molecule has 1 aromatic carbocycles. The molecule has 1 spiro atoms. The molecule has 1 N–H and O–H groups in total. The summed E-state index contributed by atoms with van der Waals surface area (Å²) in [6.07, 6.45) is 3.47. The van der Waals surface area contributed by atoms with Crippen LogP contribution in [0.25, 0.3) is 0 Å². The van der Waals surface area contributed by atoms with Gasteiger partial charge in [0.15, 0.2) is 0 Å². The number of nitrogens with one attached hydrogen (secondary N) is 1. The van der Waals surface area contributed by atoms with Gasteiger partial charge in [0.2, 0.25) is 11.8 Å². The third kappa shape index (κ3) is 4.55. The number of amides is 2. The molecule has 26 heavy (non-hydrogen) atoms. The lowest BCUT2D eigenvalue weighted by Gasteiger charge is -2.49. The van der Waals surface area contributed by atoms with E-state index in [1.807, 2.05) is 35.2 Å². The largest absolute Gasteiger partial charge is 0.494 e. The lowest BCUT2D eigenvalue weighted by molar-refractivity contribution is -0.137. The number of carbonyl (C=O) groups excluding carboxylic acids is 2. The second kappa shape index (κ2) is 8.54. The van der Waals surface area contributed by atoms with Crippen molar-refractivity contribution in [2.45, 2.75) is 37.6 Å². The summed E-state index contributed by atoms with van der Waals surface area (Å²) in [7, 11) is 2.12. The third-order valence-electron chi connectivity index (χ3n) is 5.63. The fourth-order valence-corrected chi connectivity index (χ4v) is 3.90. The zero-order valence-corrected chi connectivity index (χ0v) is 15.6. The Morgan fingerprint density at radius 3 is 2.85 bits per heavy atom. The number of hydrogen-bond donors (Lipinski definition) is 1. The second-order valence-electron chi connectivity index (χ2n) is 7.33. The minimum atomic E-state index is -0.0758. The van der Waals surface area contributed by atoms with E-state index in [-0.39, 0.29) is 17.4 Å². The summed E-state index contributed by atoms with van der Waals surface area (Å²) in [5.74, 6) is 1.16. The third-order valence-corrected chi connectivity index (χ3v) is 5.63. The molecule has 0 saturated carbocycles. The molecule has 1 aromatic rings. The quantitative estimate of drug-likeness (QED) is 0.812. The predicted molar refractivity (Wildman–Crippen MR) is 100.0 cm³/mol. The second-order valence-corrected chi connectivity index (χ2v) is 7.33. The molecule has 1 atom stereocenters. The molecular formula is C20H29N3O3. The van der Waals surface area contributed by atoms with Gasteiger partial charge in [-0.05, 0) is 38.4 Å². The maximum Gasteiger partial charge on any atom is 0.222 e. The summed E-state index contributed by atoms with van der Waals surface area (Å²) < 4.78 is 5.67. The van der Waals surface area contributed by atoms with Crippen LogP contribution < -0.4 is 10.1 Å². The number of piperazine rings is 1. The number of rotatable bonds is 5. The van der Waals surface area contributed by atoms with Crippen molar-refractivity contribution in [3.05, 3.63) is 30.3 Å². The zero-order chi connectivity index (χ0) is 18.4. The van der Waals surface area contributed by atoms with Crippen molar-refractivity contribution in [1.29, 1.82) is 0 Å². The molecule has 2 fully saturated rings. The molecule has 142 valence electrons. The SMILES string of the molecule is CN1CCN(C(=O)CCCOc2ccccc2)CC12CCNC(=O)CC2. The fourth-order valence-electron chi connectivity index (χ4n) is 3.90. The number of ether oxygens (including phenoxy) is 1. The van der Waals surface area contributed by atoms with Crippen molar-refractivity contribution < 1.29 is 14.3 Å². The highest BCUT2D eigenvalue weighted by Gasteiger charge is 2.41. The van der Waals surface area contributed by atoms with Gasteiger partial charge in [0.05, 0.1) is 6.61 Å². The van der Waals surface area contributed by atoms with Crippen molar-refractivity contribution in [3.8, 4) is 5.75 Å². The smallest absolute Gasteiger partial charge is 0.222 e. The first-order valence-corrected chi connectivity index (χ1v) is 9.53. The van der Waals surface area contributed by atoms with E-state index in [0.29, 0.717) is 32.4 Å². The van der Waals surface area contributed by atoms with Gasteiger partial charge in [0.25, 0.3) is 0 Å². The Labute approximate surface area is 155 Å². The number of benzene rings is 1. The Bertz CT molecular complexity index is 622. The Morgan fingerprint density at radius 2 is 2.04 bits per heavy atom. The molecule has 2 amide bonds. The van der Waals surface area contributed by atoms with Crippen molar-refractivity contribution in [2.75, 3.05) is 39.8 Å². The van der Waals surface area contributed by atoms with Crippen LogP contribution in [-0.4, -0.2) is 67.0 Å². The molecule has 6 nitrogen and oxygen atoms in total. The molecule has 3 rings (SSSR count). The van der Waals surface area contributed by atoms with E-state index in [1.165, 1.54) is 0 Å². The molecular weight excluding hydrogens is 330 g/mol. The number of carbonyl (C=O) groups is 2. The zero-order valence-electron chi connectivity index (χ0n) is 15.6. The number of para-hydroxylation sites is 1. The maximum atomic E-state index is 12.7. The molecule has 2 aliphatic heterocycles. The van der Waals surface area contributed by atoms with Gasteiger partial charge < -0.3 is 15.0 Å². The van der Waals surface area contributed by atoms with Crippen LogP contribution in [0.3, 0.4) is 0 Å². The van der Waals surface area contributed by atoms with Gasteiger partial charge in [-0.15, -0.1) is 0 Å². The minimum Gasteiger partial charge on any atom is -0.494 e. The molecule has 0 bridgehead atoms. The van der Waals surface area contributed by atoms with E-state index in [2.05, 4.69) is 17.3 Å². The lowest BCUT2D eigenvalue weighted by atomic mass is 9.86. The lowest BCUT2D eigenvalue weighted by Crippen LogP contribution is -2.62. The van der Waals surface area contributed by atoms with Crippen LogP contribution >= 0.6 is 0 Å². The highest BCUT2D eigenvalue weighted by atomic mass is 16.5. The Hall–Kier alpha value is -2.08. The van der Waals surface area contributed by atoms with Gasteiger partial charge in [-0.3, -0.25) is 14.5 Å². The van der Waals surface area contributed by atoms with Gasteiger partial charge in [-0.2, -0.15) is 0 Å². The van der Waals surface area contributed by atoms with E-state index >= 15 is 0 Å². The molecule has 2 heterocycles. The Morgan fingerprint density at radius 1 is 1.23 bits per heavy atom. The van der Waals surface area contributed by atoms with Crippen LogP contribution in [0.5, 0.6) is 5.75 Å². The molecule has 6 heteroatoms. The standard InChI is InChI=1S/C20H29N3O3/c1-22-13-14-23(16-20(22)10-9-18(24)21-12-11-20)19(25)8-5-15-26-17-6-3-2-4-7-17/h2-4,6-7H,5,8-16H2,1H3,(H,21,24). The summed E-state index contributed by atoms with van der Waals surface area (Å²) in [5, 5.41) is 2.95. The van der Waals surface area contributed by atoms with E-state index < -0.39 is 0 Å². The van der Waals surface area contributed by atoms with Gasteiger partial charge in [0.1, 0.15) is 5.75 Å².